The second kappa shape index (κ2) is 9.92. The normalized spacial score (nSPS) is 15.5. The number of nitrogens with zero attached hydrogens (tertiary/aromatic N) is 3. The highest BCUT2D eigenvalue weighted by atomic mass is 35.5. The number of fused-ring (bicyclic) bond motifs is 1. The van der Waals surface area contributed by atoms with Gasteiger partial charge in [-0.15, -0.1) is 0 Å². The molecule has 2 aromatic carbocycles. The van der Waals surface area contributed by atoms with Gasteiger partial charge in [0.25, 0.3) is 5.91 Å². The van der Waals surface area contributed by atoms with Crippen LogP contribution in [0.2, 0.25) is 5.02 Å². The second-order valence-electron chi connectivity index (χ2n) is 8.80. The van der Waals surface area contributed by atoms with Crippen LogP contribution in [0.1, 0.15) is 27.9 Å². The van der Waals surface area contributed by atoms with Crippen LogP contribution in [0.4, 0.5) is 5.69 Å². The van der Waals surface area contributed by atoms with Gasteiger partial charge in [-0.05, 0) is 72.4 Å². The molecule has 172 valence electrons. The van der Waals surface area contributed by atoms with Crippen LogP contribution in [-0.2, 0) is 6.42 Å². The maximum Gasteiger partial charge on any atom is 0.257 e. The molecule has 0 spiro atoms. The van der Waals surface area contributed by atoms with E-state index in [1.165, 1.54) is 27.5 Å². The van der Waals surface area contributed by atoms with Gasteiger partial charge < -0.3 is 5.32 Å². The Labute approximate surface area is 204 Å². The second-order valence-corrected chi connectivity index (χ2v) is 9.21. The molecular weight excluding hydrogens is 444 g/mol. The number of halogens is 1. The van der Waals surface area contributed by atoms with Crippen molar-refractivity contribution in [2.45, 2.75) is 19.8 Å². The third-order valence-corrected chi connectivity index (χ3v) is 6.92. The van der Waals surface area contributed by atoms with Crippen molar-refractivity contribution in [2.75, 3.05) is 31.5 Å². The number of hydrogen-bond donors (Lipinski definition) is 1. The molecule has 34 heavy (non-hydrogen) atoms. The molecule has 1 amide bonds. The van der Waals surface area contributed by atoms with Gasteiger partial charge in [0.1, 0.15) is 0 Å². The van der Waals surface area contributed by atoms with Crippen molar-refractivity contribution >= 4 is 28.8 Å². The third-order valence-electron chi connectivity index (χ3n) is 6.62. The molecule has 0 fully saturated rings. The number of rotatable bonds is 6. The van der Waals surface area contributed by atoms with Crippen LogP contribution in [0.3, 0.4) is 0 Å². The zero-order valence-corrected chi connectivity index (χ0v) is 20.0. The van der Waals surface area contributed by atoms with E-state index in [4.69, 9.17) is 11.6 Å². The number of carbonyl (C=O) groups excluding carboxylic acids is 1. The summed E-state index contributed by atoms with van der Waals surface area (Å²) >= 11 is 6.32. The quantitative estimate of drug-likeness (QED) is 0.593. The molecule has 6 heteroatoms. The minimum Gasteiger partial charge on any atom is -0.322 e. The highest BCUT2D eigenvalue weighted by molar-refractivity contribution is 6.30. The van der Waals surface area contributed by atoms with E-state index in [-0.39, 0.29) is 5.91 Å². The number of hydrogen-bond acceptors (Lipinski definition) is 4. The molecule has 1 N–H and O–H groups in total. The predicted molar refractivity (Wildman–Crippen MR) is 137 cm³/mol. The molecule has 0 unspecified atom stereocenters. The molecule has 2 aliphatic rings. The maximum atomic E-state index is 12.5. The summed E-state index contributed by atoms with van der Waals surface area (Å²) in [5.74, 6) is -0.143. The molecule has 0 bridgehead atoms. The Morgan fingerprint density at radius 1 is 1.18 bits per heavy atom. The number of amides is 1. The summed E-state index contributed by atoms with van der Waals surface area (Å²) in [4.78, 5) is 23.6. The van der Waals surface area contributed by atoms with Gasteiger partial charge in [-0.1, -0.05) is 35.9 Å². The topological polar surface area (TPSA) is 57.6 Å². The minimum absolute atomic E-state index is 0.143. The SMILES string of the molecule is Cc1ccc(NC(=O)c2cccnc2)cc1CCN1CC=C(C2=c3cccc(Cl)c3=NC2)CC1. The van der Waals surface area contributed by atoms with E-state index < -0.39 is 0 Å². The van der Waals surface area contributed by atoms with Gasteiger partial charge >= 0.3 is 0 Å². The number of benzene rings is 2. The first kappa shape index (κ1) is 22.5. The Morgan fingerprint density at radius 3 is 2.88 bits per heavy atom. The lowest BCUT2D eigenvalue weighted by Crippen LogP contribution is -2.32. The summed E-state index contributed by atoms with van der Waals surface area (Å²) in [5.41, 5.74) is 6.59. The Hall–Kier alpha value is -3.28. The van der Waals surface area contributed by atoms with Crippen LogP contribution in [0.15, 0.2) is 77.6 Å². The molecular formula is C28H27ClN4O. The van der Waals surface area contributed by atoms with E-state index in [1.807, 2.05) is 18.2 Å². The Kier molecular flexibility index (Phi) is 6.57. The van der Waals surface area contributed by atoms with Gasteiger partial charge in [-0.3, -0.25) is 19.7 Å². The third kappa shape index (κ3) is 4.81. The first-order valence-electron chi connectivity index (χ1n) is 11.6. The van der Waals surface area contributed by atoms with Gasteiger partial charge in [0.15, 0.2) is 0 Å². The van der Waals surface area contributed by atoms with Crippen molar-refractivity contribution in [3.05, 3.63) is 105 Å². The zero-order chi connectivity index (χ0) is 23.5. The number of anilines is 1. The highest BCUT2D eigenvalue weighted by Crippen LogP contribution is 2.22. The average Bonchev–Trinajstić information content (AvgIpc) is 3.31. The van der Waals surface area contributed by atoms with Crippen molar-refractivity contribution in [2.24, 2.45) is 4.99 Å². The number of aromatic nitrogens is 1. The van der Waals surface area contributed by atoms with E-state index in [0.29, 0.717) is 5.56 Å². The van der Waals surface area contributed by atoms with Gasteiger partial charge in [0, 0.05) is 42.9 Å². The van der Waals surface area contributed by atoms with Crippen LogP contribution in [-0.4, -0.2) is 42.0 Å². The average molecular weight is 471 g/mol. The van der Waals surface area contributed by atoms with Gasteiger partial charge in [0.2, 0.25) is 0 Å². The zero-order valence-electron chi connectivity index (χ0n) is 19.2. The number of pyridine rings is 1. The Morgan fingerprint density at radius 2 is 2.09 bits per heavy atom. The summed E-state index contributed by atoms with van der Waals surface area (Å²) in [7, 11) is 0. The summed E-state index contributed by atoms with van der Waals surface area (Å²) in [5, 5.41) is 5.85. The van der Waals surface area contributed by atoms with Crippen LogP contribution in [0.25, 0.3) is 5.57 Å². The van der Waals surface area contributed by atoms with Crippen LogP contribution < -0.4 is 15.9 Å². The Balaban J connectivity index is 1.22. The number of carbonyl (C=O) groups is 1. The fourth-order valence-corrected chi connectivity index (χ4v) is 4.86. The van der Waals surface area contributed by atoms with E-state index in [1.54, 1.807) is 24.5 Å². The molecule has 5 nitrogen and oxygen atoms in total. The summed E-state index contributed by atoms with van der Waals surface area (Å²) in [6, 6.07) is 15.7. The van der Waals surface area contributed by atoms with Crippen molar-refractivity contribution < 1.29 is 4.79 Å². The fraction of sp³-hybridized carbons (Fsp3) is 0.250. The number of nitrogens with one attached hydrogen (secondary N) is 1. The molecule has 1 aromatic heterocycles. The van der Waals surface area contributed by atoms with Gasteiger partial charge in [0.05, 0.1) is 22.5 Å². The molecule has 0 saturated carbocycles. The van der Waals surface area contributed by atoms with E-state index in [0.717, 1.165) is 55.1 Å². The lowest BCUT2D eigenvalue weighted by Gasteiger charge is -2.27. The minimum atomic E-state index is -0.143. The lowest BCUT2D eigenvalue weighted by atomic mass is 9.97. The smallest absolute Gasteiger partial charge is 0.257 e. The summed E-state index contributed by atoms with van der Waals surface area (Å²) in [6.45, 7) is 5.79. The molecule has 3 aromatic rings. The van der Waals surface area contributed by atoms with E-state index in [2.05, 4.69) is 51.4 Å². The van der Waals surface area contributed by atoms with E-state index >= 15 is 0 Å². The summed E-state index contributed by atoms with van der Waals surface area (Å²) in [6.07, 6.45) is 7.55. The molecule has 0 atom stereocenters. The van der Waals surface area contributed by atoms with Gasteiger partial charge in [-0.2, -0.15) is 0 Å². The van der Waals surface area contributed by atoms with Crippen molar-refractivity contribution in [1.29, 1.82) is 0 Å². The van der Waals surface area contributed by atoms with Crippen LogP contribution >= 0.6 is 11.6 Å². The maximum absolute atomic E-state index is 12.5. The molecule has 2 aliphatic heterocycles. The number of para-hydroxylation sites is 1. The molecule has 3 heterocycles. The fourth-order valence-electron chi connectivity index (χ4n) is 4.62. The standard InChI is InChI=1S/C28H27ClN4O/c1-19-7-8-23(32-28(34)22-4-3-12-30-17-22)16-21(19)11-15-33-13-9-20(10-14-33)25-18-31-27-24(25)5-2-6-26(27)29/h2-9,12,16-17H,10-11,13-15,18H2,1H3,(H,32,34). The molecule has 5 rings (SSSR count). The molecule has 0 saturated heterocycles. The van der Waals surface area contributed by atoms with Crippen LogP contribution in [0.5, 0.6) is 0 Å². The summed E-state index contributed by atoms with van der Waals surface area (Å²) < 4.78 is 0. The first-order valence-corrected chi connectivity index (χ1v) is 12.0. The highest BCUT2D eigenvalue weighted by Gasteiger charge is 2.18. The molecule has 0 aliphatic carbocycles. The molecule has 0 radical (unpaired) electrons. The van der Waals surface area contributed by atoms with Crippen molar-refractivity contribution in [3.8, 4) is 0 Å². The van der Waals surface area contributed by atoms with Crippen molar-refractivity contribution in [3.63, 3.8) is 0 Å². The van der Waals surface area contributed by atoms with Gasteiger partial charge in [-0.25, -0.2) is 0 Å². The Bertz CT molecular complexity index is 1380. The predicted octanol–water partition coefficient (Wildman–Crippen LogP) is 3.95. The monoisotopic (exact) mass is 470 g/mol. The number of aryl methyl sites for hydroxylation is 1. The van der Waals surface area contributed by atoms with E-state index in [9.17, 15) is 4.79 Å². The largest absolute Gasteiger partial charge is 0.322 e. The van der Waals surface area contributed by atoms with Crippen molar-refractivity contribution in [1.82, 2.24) is 9.88 Å². The first-order chi connectivity index (χ1) is 16.6. The lowest BCUT2D eigenvalue weighted by molar-refractivity contribution is 0.102. The van der Waals surface area contributed by atoms with Crippen LogP contribution in [0, 0.1) is 6.92 Å².